The fraction of sp³-hybridized carbons (Fsp3) is 0.667. The van der Waals surface area contributed by atoms with Crippen LogP contribution >= 0.6 is 24.0 Å². The van der Waals surface area contributed by atoms with E-state index >= 15 is 0 Å². The average Bonchev–Trinajstić information content (AvgIpc) is 2.97. The van der Waals surface area contributed by atoms with Crippen LogP contribution in [0.1, 0.15) is 13.3 Å². The van der Waals surface area contributed by atoms with Gasteiger partial charge in [0.15, 0.2) is 0 Å². The Balaban J connectivity index is 0.00000208. The van der Waals surface area contributed by atoms with Crippen LogP contribution in [0.4, 0.5) is 0 Å². The van der Waals surface area contributed by atoms with E-state index in [1.165, 1.54) is 39.1 Å². The minimum absolute atomic E-state index is 0. The van der Waals surface area contributed by atoms with Crippen LogP contribution in [-0.4, -0.2) is 68.8 Å². The molecule has 1 aromatic carbocycles. The Bertz CT molecular complexity index is 484. The van der Waals surface area contributed by atoms with Gasteiger partial charge in [0.1, 0.15) is 12.4 Å². The summed E-state index contributed by atoms with van der Waals surface area (Å²) >= 11 is 5.88. The Morgan fingerprint density at radius 3 is 2.42 bits per heavy atom. The van der Waals surface area contributed by atoms with Gasteiger partial charge in [-0.1, -0.05) is 18.5 Å². The standard InChI is InChI=1S/C18H28ClN3O.ClH/c1-18(6-7-20-14-18)15-22-10-8-21(9-11-22)12-13-23-17-4-2-16(19)3-5-17;/h2-5,20H,6-15H2,1H3;1H. The zero-order valence-electron chi connectivity index (χ0n) is 14.5. The normalized spacial score (nSPS) is 25.4. The second kappa shape index (κ2) is 9.25. The molecule has 1 unspecified atom stereocenters. The Morgan fingerprint density at radius 2 is 1.79 bits per heavy atom. The third-order valence-corrected chi connectivity index (χ3v) is 5.27. The molecule has 0 aromatic heterocycles. The number of nitrogens with one attached hydrogen (secondary N) is 1. The minimum Gasteiger partial charge on any atom is -0.492 e. The summed E-state index contributed by atoms with van der Waals surface area (Å²) in [4.78, 5) is 5.13. The molecule has 6 heteroatoms. The first-order chi connectivity index (χ1) is 11.1. The van der Waals surface area contributed by atoms with Crippen molar-refractivity contribution in [3.8, 4) is 5.75 Å². The molecule has 2 aliphatic rings. The van der Waals surface area contributed by atoms with E-state index in [1.807, 2.05) is 24.3 Å². The summed E-state index contributed by atoms with van der Waals surface area (Å²) in [6, 6.07) is 7.59. The van der Waals surface area contributed by atoms with E-state index in [0.29, 0.717) is 5.41 Å². The van der Waals surface area contributed by atoms with E-state index in [-0.39, 0.29) is 12.4 Å². The Labute approximate surface area is 156 Å². The van der Waals surface area contributed by atoms with E-state index in [2.05, 4.69) is 22.0 Å². The highest BCUT2D eigenvalue weighted by molar-refractivity contribution is 6.30. The molecular formula is C18H29Cl2N3O. The second-order valence-electron chi connectivity index (χ2n) is 7.16. The van der Waals surface area contributed by atoms with Crippen LogP contribution in [-0.2, 0) is 0 Å². The molecule has 0 radical (unpaired) electrons. The van der Waals surface area contributed by atoms with Crippen LogP contribution in [0.15, 0.2) is 24.3 Å². The summed E-state index contributed by atoms with van der Waals surface area (Å²) in [7, 11) is 0. The maximum Gasteiger partial charge on any atom is 0.119 e. The van der Waals surface area contributed by atoms with Gasteiger partial charge in [-0.15, -0.1) is 12.4 Å². The van der Waals surface area contributed by atoms with E-state index in [0.717, 1.165) is 37.0 Å². The molecule has 1 N–H and O–H groups in total. The van der Waals surface area contributed by atoms with Gasteiger partial charge in [0.05, 0.1) is 0 Å². The number of piperazine rings is 1. The fourth-order valence-corrected chi connectivity index (χ4v) is 3.66. The monoisotopic (exact) mass is 373 g/mol. The van der Waals surface area contributed by atoms with E-state index in [9.17, 15) is 0 Å². The maximum atomic E-state index is 5.88. The van der Waals surface area contributed by atoms with Gasteiger partial charge in [-0.05, 0) is 42.6 Å². The van der Waals surface area contributed by atoms with Crippen LogP contribution in [0.5, 0.6) is 5.75 Å². The molecule has 2 saturated heterocycles. The van der Waals surface area contributed by atoms with Gasteiger partial charge < -0.3 is 15.0 Å². The molecule has 1 aromatic rings. The van der Waals surface area contributed by atoms with Crippen molar-refractivity contribution in [3.63, 3.8) is 0 Å². The van der Waals surface area contributed by atoms with Gasteiger partial charge in [0.2, 0.25) is 0 Å². The molecule has 0 spiro atoms. The Morgan fingerprint density at radius 1 is 1.12 bits per heavy atom. The molecule has 3 rings (SSSR count). The summed E-state index contributed by atoms with van der Waals surface area (Å²) in [5, 5.41) is 4.25. The molecule has 0 aliphatic carbocycles. The van der Waals surface area contributed by atoms with E-state index in [4.69, 9.17) is 16.3 Å². The first-order valence-electron chi connectivity index (χ1n) is 8.67. The van der Waals surface area contributed by atoms with Crippen LogP contribution in [0.2, 0.25) is 5.02 Å². The summed E-state index contributed by atoms with van der Waals surface area (Å²) in [5.41, 5.74) is 0.472. The number of nitrogens with zero attached hydrogens (tertiary/aromatic N) is 2. The molecule has 2 fully saturated rings. The lowest BCUT2D eigenvalue weighted by Gasteiger charge is -2.38. The van der Waals surface area contributed by atoms with Crippen molar-refractivity contribution in [3.05, 3.63) is 29.3 Å². The third kappa shape index (κ3) is 5.78. The van der Waals surface area contributed by atoms with Crippen molar-refractivity contribution < 1.29 is 4.74 Å². The van der Waals surface area contributed by atoms with Crippen LogP contribution < -0.4 is 10.1 Å². The lowest BCUT2D eigenvalue weighted by Crippen LogP contribution is -2.50. The molecule has 136 valence electrons. The summed E-state index contributed by atoms with van der Waals surface area (Å²) in [6.45, 7) is 12.4. The van der Waals surface area contributed by atoms with Gasteiger partial charge in [0.25, 0.3) is 0 Å². The molecule has 0 amide bonds. The van der Waals surface area contributed by atoms with Gasteiger partial charge in [0, 0.05) is 50.8 Å². The average molecular weight is 374 g/mol. The lowest BCUT2D eigenvalue weighted by atomic mass is 9.89. The zero-order chi connectivity index (χ0) is 16.1. The number of hydrogen-bond donors (Lipinski definition) is 1. The highest BCUT2D eigenvalue weighted by atomic mass is 35.5. The summed E-state index contributed by atoms with van der Waals surface area (Å²) in [5.74, 6) is 0.898. The van der Waals surface area contributed by atoms with E-state index in [1.54, 1.807) is 0 Å². The van der Waals surface area contributed by atoms with Gasteiger partial charge in [-0.25, -0.2) is 0 Å². The van der Waals surface area contributed by atoms with Gasteiger partial charge >= 0.3 is 0 Å². The first kappa shape index (κ1) is 19.8. The minimum atomic E-state index is 0. The SMILES string of the molecule is CC1(CN2CCN(CCOc3ccc(Cl)cc3)CC2)CCNC1.Cl. The smallest absolute Gasteiger partial charge is 0.119 e. The molecule has 1 atom stereocenters. The highest BCUT2D eigenvalue weighted by Crippen LogP contribution is 2.26. The van der Waals surface area contributed by atoms with Crippen molar-refractivity contribution in [2.45, 2.75) is 13.3 Å². The molecule has 4 nitrogen and oxygen atoms in total. The maximum absolute atomic E-state index is 5.88. The number of benzene rings is 1. The number of ether oxygens (including phenoxy) is 1. The summed E-state index contributed by atoms with van der Waals surface area (Å²) in [6.07, 6.45) is 1.31. The Kier molecular flexibility index (Phi) is 7.63. The van der Waals surface area contributed by atoms with Crippen molar-refractivity contribution >= 4 is 24.0 Å². The topological polar surface area (TPSA) is 27.7 Å². The van der Waals surface area contributed by atoms with Crippen molar-refractivity contribution in [1.29, 1.82) is 0 Å². The number of halogens is 2. The summed E-state index contributed by atoms with van der Waals surface area (Å²) < 4.78 is 5.79. The van der Waals surface area contributed by atoms with Crippen LogP contribution in [0, 0.1) is 5.41 Å². The van der Waals surface area contributed by atoms with Gasteiger partial charge in [-0.3, -0.25) is 4.90 Å². The molecule has 24 heavy (non-hydrogen) atoms. The third-order valence-electron chi connectivity index (χ3n) is 5.02. The second-order valence-corrected chi connectivity index (χ2v) is 7.59. The van der Waals surface area contributed by atoms with Crippen molar-refractivity contribution in [1.82, 2.24) is 15.1 Å². The zero-order valence-corrected chi connectivity index (χ0v) is 16.0. The number of hydrogen-bond acceptors (Lipinski definition) is 4. The van der Waals surface area contributed by atoms with Crippen molar-refractivity contribution in [2.75, 3.05) is 59.0 Å². The predicted octanol–water partition coefficient (Wildman–Crippen LogP) is 2.76. The fourth-order valence-electron chi connectivity index (χ4n) is 3.54. The first-order valence-corrected chi connectivity index (χ1v) is 9.05. The number of rotatable bonds is 6. The van der Waals surface area contributed by atoms with Gasteiger partial charge in [-0.2, -0.15) is 0 Å². The van der Waals surface area contributed by atoms with Crippen molar-refractivity contribution in [2.24, 2.45) is 5.41 Å². The highest BCUT2D eigenvalue weighted by Gasteiger charge is 2.31. The lowest BCUT2D eigenvalue weighted by molar-refractivity contribution is 0.0882. The van der Waals surface area contributed by atoms with Crippen LogP contribution in [0.3, 0.4) is 0 Å². The predicted molar refractivity (Wildman–Crippen MR) is 103 cm³/mol. The molecule has 0 saturated carbocycles. The largest absolute Gasteiger partial charge is 0.492 e. The quantitative estimate of drug-likeness (QED) is 0.829. The van der Waals surface area contributed by atoms with E-state index < -0.39 is 0 Å². The Hall–Kier alpha value is -0.520. The molecule has 2 heterocycles. The molecule has 0 bridgehead atoms. The van der Waals surface area contributed by atoms with Crippen LogP contribution in [0.25, 0.3) is 0 Å². The molecular weight excluding hydrogens is 345 g/mol. The molecule has 2 aliphatic heterocycles.